The van der Waals surface area contributed by atoms with Gasteiger partial charge in [0.15, 0.2) is 5.96 Å². The molecular formula is C19H30N4. The number of likely N-dealkylation sites (tertiary alicyclic amines) is 1. The van der Waals surface area contributed by atoms with E-state index >= 15 is 0 Å². The van der Waals surface area contributed by atoms with Gasteiger partial charge in [-0.15, -0.1) is 0 Å². The van der Waals surface area contributed by atoms with Gasteiger partial charge in [-0.3, -0.25) is 9.89 Å². The van der Waals surface area contributed by atoms with Crippen molar-refractivity contribution >= 4 is 5.96 Å². The average molecular weight is 314 g/mol. The minimum atomic E-state index is 0.633. The van der Waals surface area contributed by atoms with Crippen molar-refractivity contribution in [3.8, 4) is 0 Å². The number of nitrogens with zero attached hydrogens (tertiary/aromatic N) is 3. The van der Waals surface area contributed by atoms with Crippen LogP contribution in [0.25, 0.3) is 0 Å². The summed E-state index contributed by atoms with van der Waals surface area (Å²) in [4.78, 5) is 9.48. The molecule has 0 radical (unpaired) electrons. The summed E-state index contributed by atoms with van der Waals surface area (Å²) in [6, 6.07) is 11.7. The van der Waals surface area contributed by atoms with Crippen LogP contribution in [0.15, 0.2) is 35.3 Å². The van der Waals surface area contributed by atoms with Crippen molar-refractivity contribution in [1.82, 2.24) is 15.1 Å². The Kier molecular flexibility index (Phi) is 5.55. The second-order valence-electron chi connectivity index (χ2n) is 6.68. The number of likely N-dealkylation sites (N-methyl/N-ethyl adjacent to an activating group) is 1. The Balaban J connectivity index is 1.47. The smallest absolute Gasteiger partial charge is 0.193 e. The molecule has 1 atom stereocenters. The highest BCUT2D eigenvalue weighted by Crippen LogP contribution is 2.27. The van der Waals surface area contributed by atoms with E-state index in [4.69, 9.17) is 0 Å². The van der Waals surface area contributed by atoms with E-state index in [-0.39, 0.29) is 0 Å². The molecule has 0 spiro atoms. The molecular weight excluding hydrogens is 284 g/mol. The minimum absolute atomic E-state index is 0.633. The molecule has 1 saturated carbocycles. The highest BCUT2D eigenvalue weighted by Gasteiger charge is 2.28. The van der Waals surface area contributed by atoms with E-state index in [2.05, 4.69) is 57.4 Å². The summed E-state index contributed by atoms with van der Waals surface area (Å²) in [6.45, 7) is 7.70. The topological polar surface area (TPSA) is 30.9 Å². The number of aliphatic imine (C=N–C) groups is 1. The first-order chi connectivity index (χ1) is 11.3. The van der Waals surface area contributed by atoms with E-state index in [1.54, 1.807) is 0 Å². The van der Waals surface area contributed by atoms with Crippen molar-refractivity contribution in [1.29, 1.82) is 0 Å². The average Bonchev–Trinajstić information content (AvgIpc) is 3.32. The normalized spacial score (nSPS) is 22.0. The molecule has 1 saturated heterocycles. The van der Waals surface area contributed by atoms with E-state index in [0.717, 1.165) is 44.7 Å². The van der Waals surface area contributed by atoms with E-state index in [1.807, 2.05) is 7.05 Å². The molecule has 4 heteroatoms. The van der Waals surface area contributed by atoms with Gasteiger partial charge in [-0.1, -0.05) is 37.3 Å². The van der Waals surface area contributed by atoms with Crippen LogP contribution in [0.3, 0.4) is 0 Å². The van der Waals surface area contributed by atoms with Crippen LogP contribution in [0.1, 0.15) is 37.7 Å². The van der Waals surface area contributed by atoms with Crippen molar-refractivity contribution < 1.29 is 0 Å². The molecule has 1 unspecified atom stereocenters. The van der Waals surface area contributed by atoms with Crippen LogP contribution in [0.2, 0.25) is 0 Å². The Morgan fingerprint density at radius 1 is 1.26 bits per heavy atom. The summed E-state index contributed by atoms with van der Waals surface area (Å²) in [5, 5.41) is 3.57. The van der Waals surface area contributed by atoms with Gasteiger partial charge in [0, 0.05) is 45.2 Å². The summed E-state index contributed by atoms with van der Waals surface area (Å²) in [7, 11) is 1.90. The van der Waals surface area contributed by atoms with Gasteiger partial charge in [-0.25, -0.2) is 0 Å². The van der Waals surface area contributed by atoms with E-state index < -0.39 is 0 Å². The van der Waals surface area contributed by atoms with Gasteiger partial charge >= 0.3 is 0 Å². The van der Waals surface area contributed by atoms with E-state index in [9.17, 15) is 0 Å². The lowest BCUT2D eigenvalue weighted by Gasteiger charge is -2.24. The monoisotopic (exact) mass is 314 g/mol. The van der Waals surface area contributed by atoms with Crippen molar-refractivity contribution in [3.05, 3.63) is 35.9 Å². The lowest BCUT2D eigenvalue weighted by Crippen LogP contribution is -2.43. The molecule has 1 aliphatic heterocycles. The van der Waals surface area contributed by atoms with Gasteiger partial charge in [0.05, 0.1) is 0 Å². The molecule has 1 aromatic carbocycles. The second-order valence-corrected chi connectivity index (χ2v) is 6.68. The van der Waals surface area contributed by atoms with Crippen LogP contribution >= 0.6 is 0 Å². The SMILES string of the molecule is CCN(CCNC(=NC)N1CCC(c2ccccc2)C1)C1CC1. The Bertz CT molecular complexity index is 509. The molecule has 1 aromatic rings. The molecule has 2 aliphatic rings. The summed E-state index contributed by atoms with van der Waals surface area (Å²) >= 11 is 0. The molecule has 3 rings (SSSR count). The number of hydrogen-bond donors (Lipinski definition) is 1. The molecule has 0 aromatic heterocycles. The number of guanidine groups is 1. The molecule has 0 bridgehead atoms. The Labute approximate surface area is 140 Å². The summed E-state index contributed by atoms with van der Waals surface area (Å²) in [6.07, 6.45) is 3.98. The molecule has 2 fully saturated rings. The van der Waals surface area contributed by atoms with Crippen LogP contribution in [0, 0.1) is 0 Å². The maximum absolute atomic E-state index is 4.49. The highest BCUT2D eigenvalue weighted by molar-refractivity contribution is 5.80. The molecule has 1 N–H and O–H groups in total. The lowest BCUT2D eigenvalue weighted by molar-refractivity contribution is 0.280. The zero-order valence-corrected chi connectivity index (χ0v) is 14.5. The fraction of sp³-hybridized carbons (Fsp3) is 0.632. The van der Waals surface area contributed by atoms with Crippen LogP contribution in [0.5, 0.6) is 0 Å². The standard InChI is InChI=1S/C19H30N4/c1-3-22(18-9-10-18)14-12-21-19(20-2)23-13-11-17(15-23)16-7-5-4-6-8-16/h4-8,17-18H,3,9-15H2,1-2H3,(H,20,21). The minimum Gasteiger partial charge on any atom is -0.355 e. The zero-order valence-electron chi connectivity index (χ0n) is 14.5. The van der Waals surface area contributed by atoms with Crippen LogP contribution in [-0.4, -0.2) is 61.6 Å². The van der Waals surface area contributed by atoms with Crippen molar-refractivity contribution in [2.24, 2.45) is 4.99 Å². The molecule has 1 aliphatic carbocycles. The largest absolute Gasteiger partial charge is 0.355 e. The zero-order chi connectivity index (χ0) is 16.1. The predicted octanol–water partition coefficient (Wildman–Crippen LogP) is 2.54. The van der Waals surface area contributed by atoms with Crippen LogP contribution < -0.4 is 5.32 Å². The Hall–Kier alpha value is -1.55. The van der Waals surface area contributed by atoms with Gasteiger partial charge in [-0.2, -0.15) is 0 Å². The lowest BCUT2D eigenvalue weighted by atomic mass is 9.99. The van der Waals surface area contributed by atoms with Crippen LogP contribution in [-0.2, 0) is 0 Å². The van der Waals surface area contributed by atoms with Gasteiger partial charge in [0.25, 0.3) is 0 Å². The number of hydrogen-bond acceptors (Lipinski definition) is 2. The third kappa shape index (κ3) is 4.25. The Morgan fingerprint density at radius 3 is 2.70 bits per heavy atom. The van der Waals surface area contributed by atoms with Crippen molar-refractivity contribution in [2.75, 3.05) is 39.8 Å². The number of benzene rings is 1. The van der Waals surface area contributed by atoms with Crippen LogP contribution in [0.4, 0.5) is 0 Å². The number of rotatable bonds is 6. The van der Waals surface area contributed by atoms with Crippen molar-refractivity contribution in [2.45, 2.75) is 38.1 Å². The number of nitrogens with one attached hydrogen (secondary N) is 1. The van der Waals surface area contributed by atoms with Gasteiger partial charge in [-0.05, 0) is 31.4 Å². The van der Waals surface area contributed by atoms with E-state index in [1.165, 1.54) is 24.8 Å². The first kappa shape index (κ1) is 16.3. The first-order valence-electron chi connectivity index (χ1n) is 9.06. The fourth-order valence-electron chi connectivity index (χ4n) is 3.63. The summed E-state index contributed by atoms with van der Waals surface area (Å²) in [5.41, 5.74) is 1.45. The third-order valence-corrected chi connectivity index (χ3v) is 5.12. The summed E-state index contributed by atoms with van der Waals surface area (Å²) in [5.74, 6) is 1.70. The molecule has 4 nitrogen and oxygen atoms in total. The predicted molar refractivity (Wildman–Crippen MR) is 97.0 cm³/mol. The maximum Gasteiger partial charge on any atom is 0.193 e. The Morgan fingerprint density at radius 2 is 2.04 bits per heavy atom. The molecule has 0 amide bonds. The molecule has 23 heavy (non-hydrogen) atoms. The summed E-state index contributed by atoms with van der Waals surface area (Å²) < 4.78 is 0. The van der Waals surface area contributed by atoms with Gasteiger partial charge in [0.1, 0.15) is 0 Å². The fourth-order valence-corrected chi connectivity index (χ4v) is 3.63. The van der Waals surface area contributed by atoms with E-state index in [0.29, 0.717) is 5.92 Å². The second kappa shape index (κ2) is 7.82. The van der Waals surface area contributed by atoms with Gasteiger partial charge < -0.3 is 10.2 Å². The molecule has 1 heterocycles. The highest BCUT2D eigenvalue weighted by atomic mass is 15.3. The first-order valence-corrected chi connectivity index (χ1v) is 9.06. The third-order valence-electron chi connectivity index (χ3n) is 5.12. The van der Waals surface area contributed by atoms with Gasteiger partial charge in [0.2, 0.25) is 0 Å². The molecule has 126 valence electrons. The quantitative estimate of drug-likeness (QED) is 0.647. The van der Waals surface area contributed by atoms with Crippen molar-refractivity contribution in [3.63, 3.8) is 0 Å². The maximum atomic E-state index is 4.49.